The Morgan fingerprint density at radius 2 is 1.60 bits per heavy atom. The van der Waals surface area contributed by atoms with Gasteiger partial charge >= 0.3 is 0 Å². The molecule has 1 unspecified atom stereocenters. The molecule has 0 aliphatic rings. The molecule has 1 atom stereocenters. The Morgan fingerprint density at radius 1 is 1.00 bits per heavy atom. The van der Waals surface area contributed by atoms with E-state index in [1.807, 2.05) is 49.4 Å². The minimum atomic E-state index is -3.32. The average molecular weight is 289 g/mol. The molecule has 0 bridgehead atoms. The van der Waals surface area contributed by atoms with E-state index < -0.39 is 9.84 Å². The highest BCUT2D eigenvalue weighted by molar-refractivity contribution is 7.91. The minimum absolute atomic E-state index is 0.0383. The summed E-state index contributed by atoms with van der Waals surface area (Å²) >= 11 is 0. The molecule has 2 aromatic carbocycles. The van der Waals surface area contributed by atoms with Gasteiger partial charge in [0.2, 0.25) is 0 Å². The number of rotatable bonds is 5. The van der Waals surface area contributed by atoms with E-state index in [9.17, 15) is 8.42 Å². The van der Waals surface area contributed by atoms with Crippen LogP contribution in [0.3, 0.4) is 0 Å². The van der Waals surface area contributed by atoms with Crippen molar-refractivity contribution in [3.8, 4) is 0 Å². The Hall–Kier alpha value is -1.65. The molecule has 0 saturated carbocycles. The largest absolute Gasteiger partial charge is 0.330 e. The number of aryl methyl sites for hydroxylation is 1. The second-order valence-corrected chi connectivity index (χ2v) is 6.97. The van der Waals surface area contributed by atoms with Gasteiger partial charge in [0.1, 0.15) is 0 Å². The normalized spacial score (nSPS) is 13.1. The predicted octanol–water partition coefficient (Wildman–Crippen LogP) is 2.51. The van der Waals surface area contributed by atoms with Crippen LogP contribution in [0.4, 0.5) is 0 Å². The summed E-state index contributed by atoms with van der Waals surface area (Å²) in [7, 11) is -3.32. The third-order valence-corrected chi connectivity index (χ3v) is 5.19. The predicted molar refractivity (Wildman–Crippen MR) is 81.5 cm³/mol. The maximum absolute atomic E-state index is 12.4. The van der Waals surface area contributed by atoms with Gasteiger partial charge in [0.25, 0.3) is 0 Å². The molecule has 0 aromatic heterocycles. The zero-order chi connectivity index (χ0) is 14.6. The van der Waals surface area contributed by atoms with E-state index in [1.165, 1.54) is 0 Å². The van der Waals surface area contributed by atoms with Gasteiger partial charge in [-0.15, -0.1) is 0 Å². The van der Waals surface area contributed by atoms with Crippen LogP contribution in [-0.2, 0) is 9.84 Å². The molecule has 3 nitrogen and oxygen atoms in total. The summed E-state index contributed by atoms with van der Waals surface area (Å²) in [5.74, 6) is -0.140. The highest BCUT2D eigenvalue weighted by Crippen LogP contribution is 2.21. The number of hydrogen-bond donors (Lipinski definition) is 1. The molecule has 2 aromatic rings. The van der Waals surface area contributed by atoms with Gasteiger partial charge in [-0.2, -0.15) is 0 Å². The molecule has 2 N–H and O–H groups in total. The van der Waals surface area contributed by atoms with Crippen molar-refractivity contribution in [1.82, 2.24) is 0 Å². The van der Waals surface area contributed by atoms with Crippen molar-refractivity contribution in [2.75, 3.05) is 12.3 Å². The third-order valence-electron chi connectivity index (χ3n) is 3.36. The Morgan fingerprint density at radius 3 is 2.15 bits per heavy atom. The Kier molecular flexibility index (Phi) is 4.57. The summed E-state index contributed by atoms with van der Waals surface area (Å²) < 4.78 is 24.9. The van der Waals surface area contributed by atoms with Crippen LogP contribution in [0.25, 0.3) is 0 Å². The molecule has 0 spiro atoms. The van der Waals surface area contributed by atoms with E-state index in [1.54, 1.807) is 12.1 Å². The van der Waals surface area contributed by atoms with Crippen molar-refractivity contribution in [2.45, 2.75) is 17.7 Å². The minimum Gasteiger partial charge on any atom is -0.330 e. The van der Waals surface area contributed by atoms with E-state index in [0.29, 0.717) is 11.4 Å². The van der Waals surface area contributed by atoms with Gasteiger partial charge in [0.05, 0.1) is 10.6 Å². The van der Waals surface area contributed by atoms with Crippen LogP contribution < -0.4 is 5.73 Å². The van der Waals surface area contributed by atoms with Crippen molar-refractivity contribution < 1.29 is 8.42 Å². The van der Waals surface area contributed by atoms with E-state index in [0.717, 1.165) is 11.1 Å². The van der Waals surface area contributed by atoms with Gasteiger partial charge < -0.3 is 5.73 Å². The van der Waals surface area contributed by atoms with E-state index in [2.05, 4.69) is 0 Å². The van der Waals surface area contributed by atoms with Gasteiger partial charge in [0.15, 0.2) is 9.84 Å². The molecule has 0 aliphatic heterocycles. The molecule has 0 amide bonds. The maximum atomic E-state index is 12.4. The lowest BCUT2D eigenvalue weighted by Gasteiger charge is -2.15. The lowest BCUT2D eigenvalue weighted by atomic mass is 10.0. The SMILES string of the molecule is Cc1ccc(S(=O)(=O)CC(CN)c2ccccc2)cc1. The van der Waals surface area contributed by atoms with Crippen molar-refractivity contribution >= 4 is 9.84 Å². The second kappa shape index (κ2) is 6.20. The van der Waals surface area contributed by atoms with Crippen molar-refractivity contribution in [1.29, 1.82) is 0 Å². The Bertz CT molecular complexity index is 649. The first-order valence-corrected chi connectivity index (χ1v) is 8.22. The van der Waals surface area contributed by atoms with Crippen LogP contribution in [0.5, 0.6) is 0 Å². The smallest absolute Gasteiger partial charge is 0.179 e. The third kappa shape index (κ3) is 3.46. The van der Waals surface area contributed by atoms with Crippen LogP contribution in [0.1, 0.15) is 17.0 Å². The fraction of sp³-hybridized carbons (Fsp3) is 0.250. The summed E-state index contributed by atoms with van der Waals surface area (Å²) in [6, 6.07) is 16.5. The molecule has 4 heteroatoms. The number of nitrogens with two attached hydrogens (primary N) is 1. The first-order valence-electron chi connectivity index (χ1n) is 6.57. The average Bonchev–Trinajstić information content (AvgIpc) is 2.46. The van der Waals surface area contributed by atoms with Gasteiger partial charge in [-0.1, -0.05) is 48.0 Å². The summed E-state index contributed by atoms with van der Waals surface area (Å²) in [6.07, 6.45) is 0. The fourth-order valence-electron chi connectivity index (χ4n) is 2.13. The Balaban J connectivity index is 2.24. The molecule has 0 radical (unpaired) electrons. The molecule has 0 saturated heterocycles. The van der Waals surface area contributed by atoms with Crippen LogP contribution in [0.2, 0.25) is 0 Å². The van der Waals surface area contributed by atoms with Gasteiger partial charge in [-0.25, -0.2) is 8.42 Å². The zero-order valence-corrected chi connectivity index (χ0v) is 12.3. The molecular formula is C16H19NO2S. The number of sulfone groups is 1. The summed E-state index contributed by atoms with van der Waals surface area (Å²) in [4.78, 5) is 0.359. The molecule has 2 rings (SSSR count). The number of hydrogen-bond acceptors (Lipinski definition) is 3. The molecule has 0 fully saturated rings. The maximum Gasteiger partial charge on any atom is 0.179 e. The summed E-state index contributed by atoms with van der Waals surface area (Å²) in [5, 5.41) is 0. The van der Waals surface area contributed by atoms with Crippen LogP contribution >= 0.6 is 0 Å². The highest BCUT2D eigenvalue weighted by atomic mass is 32.2. The molecule has 0 heterocycles. The first kappa shape index (κ1) is 14.8. The fourth-order valence-corrected chi connectivity index (χ4v) is 3.73. The molecular weight excluding hydrogens is 270 g/mol. The molecule has 0 aliphatic carbocycles. The second-order valence-electron chi connectivity index (χ2n) is 4.94. The van der Waals surface area contributed by atoms with Crippen molar-refractivity contribution in [3.05, 3.63) is 65.7 Å². The quantitative estimate of drug-likeness (QED) is 0.920. The zero-order valence-electron chi connectivity index (χ0n) is 11.5. The molecule has 20 heavy (non-hydrogen) atoms. The monoisotopic (exact) mass is 289 g/mol. The van der Waals surface area contributed by atoms with E-state index in [4.69, 9.17) is 5.73 Å². The van der Waals surface area contributed by atoms with E-state index >= 15 is 0 Å². The van der Waals surface area contributed by atoms with Crippen molar-refractivity contribution in [2.24, 2.45) is 5.73 Å². The Labute approximate surface area is 120 Å². The van der Waals surface area contributed by atoms with Gasteiger partial charge in [-0.05, 0) is 24.6 Å². The lowest BCUT2D eigenvalue weighted by molar-refractivity contribution is 0.587. The van der Waals surface area contributed by atoms with Crippen LogP contribution in [-0.4, -0.2) is 20.7 Å². The highest BCUT2D eigenvalue weighted by Gasteiger charge is 2.21. The van der Waals surface area contributed by atoms with Gasteiger partial charge in [0, 0.05) is 12.5 Å². The topological polar surface area (TPSA) is 60.2 Å². The van der Waals surface area contributed by atoms with Crippen LogP contribution in [0, 0.1) is 6.92 Å². The summed E-state index contributed by atoms with van der Waals surface area (Å²) in [6.45, 7) is 2.25. The lowest BCUT2D eigenvalue weighted by Crippen LogP contribution is -2.22. The number of benzene rings is 2. The van der Waals surface area contributed by atoms with E-state index in [-0.39, 0.29) is 11.7 Å². The first-order chi connectivity index (χ1) is 9.53. The standard InChI is InChI=1S/C16H19NO2S/c1-13-7-9-16(10-8-13)20(18,19)12-15(11-17)14-5-3-2-4-6-14/h2-10,15H,11-12,17H2,1H3. The van der Waals surface area contributed by atoms with Crippen LogP contribution in [0.15, 0.2) is 59.5 Å². The van der Waals surface area contributed by atoms with Gasteiger partial charge in [-0.3, -0.25) is 0 Å². The molecule has 106 valence electrons. The van der Waals surface area contributed by atoms with Crippen molar-refractivity contribution in [3.63, 3.8) is 0 Å². The summed E-state index contributed by atoms with van der Waals surface area (Å²) in [5.41, 5.74) is 7.76.